The largest absolute Gasteiger partial charge is 0.507 e. The number of esters is 1. The molecule has 0 saturated heterocycles. The number of rotatable bonds is 19. The lowest BCUT2D eigenvalue weighted by atomic mass is 10.1. The number of benzene rings is 4. The van der Waals surface area contributed by atoms with E-state index in [1.807, 2.05) is 0 Å². The first-order chi connectivity index (χ1) is 21.6. The van der Waals surface area contributed by atoms with Crippen LogP contribution in [0.4, 0.5) is 0 Å². The molecule has 0 amide bonds. The minimum Gasteiger partial charge on any atom is -0.507 e. The van der Waals surface area contributed by atoms with Crippen LogP contribution in [0.15, 0.2) is 109 Å². The van der Waals surface area contributed by atoms with Gasteiger partial charge in [-0.05, 0) is 67.8 Å². The normalized spacial score (nSPS) is 11.3. The van der Waals surface area contributed by atoms with Crippen LogP contribution in [0.5, 0.6) is 11.5 Å². The number of methoxy groups -OCH3 is 1. The zero-order valence-electron chi connectivity index (χ0n) is 26.2. The fourth-order valence-electron chi connectivity index (χ4n) is 6.00. The van der Waals surface area contributed by atoms with Gasteiger partial charge in [-0.1, -0.05) is 106 Å². The number of ether oxygens (including phenoxy) is 2. The van der Waals surface area contributed by atoms with Crippen LogP contribution in [0.1, 0.15) is 81.0 Å². The summed E-state index contributed by atoms with van der Waals surface area (Å²) in [7, 11) is -0.404. The first-order valence-electron chi connectivity index (χ1n) is 16.2. The Morgan fingerprint density at radius 3 is 1.45 bits per heavy atom. The van der Waals surface area contributed by atoms with E-state index in [1.54, 1.807) is 6.07 Å². The molecule has 0 unspecified atom stereocenters. The quantitative estimate of drug-likeness (QED) is 0.0654. The Labute approximate surface area is 264 Å². The molecule has 4 aromatic carbocycles. The van der Waals surface area contributed by atoms with E-state index in [2.05, 4.69) is 95.7 Å². The summed E-state index contributed by atoms with van der Waals surface area (Å²) in [6.07, 6.45) is 15.0. The van der Waals surface area contributed by atoms with Gasteiger partial charge in [0.2, 0.25) is 0 Å². The zero-order valence-corrected chi connectivity index (χ0v) is 27.1. The van der Waals surface area contributed by atoms with Crippen LogP contribution in [0.25, 0.3) is 0 Å². The van der Waals surface area contributed by atoms with Gasteiger partial charge in [0.15, 0.2) is 0 Å². The van der Waals surface area contributed by atoms with E-state index in [-0.39, 0.29) is 11.3 Å². The number of unbranched alkanes of at least 4 members (excludes halogenated alkanes) is 10. The SMILES string of the molecule is COC(=O)c1ccc(OCCCCCCCCCCCCC[P+](c2ccccc2)(c2ccccc2)c2ccccc2)cc1O. The lowest BCUT2D eigenvalue weighted by Crippen LogP contribution is -2.33. The van der Waals surface area contributed by atoms with Crippen LogP contribution in [-0.4, -0.2) is 31.0 Å². The van der Waals surface area contributed by atoms with Gasteiger partial charge in [-0.15, -0.1) is 0 Å². The number of carbonyl (C=O) groups excluding carboxylic acids is 1. The van der Waals surface area contributed by atoms with Crippen LogP contribution in [0.3, 0.4) is 0 Å². The van der Waals surface area contributed by atoms with Crippen molar-refractivity contribution in [3.63, 3.8) is 0 Å². The fraction of sp³-hybridized carbons (Fsp3) is 0.359. The van der Waals surface area contributed by atoms with E-state index in [9.17, 15) is 9.90 Å². The summed E-state index contributed by atoms with van der Waals surface area (Å²) < 4.78 is 10.4. The maximum Gasteiger partial charge on any atom is 0.341 e. The molecule has 0 aromatic heterocycles. The molecule has 0 bridgehead atoms. The molecular weight excluding hydrogens is 563 g/mol. The average Bonchev–Trinajstić information content (AvgIpc) is 3.07. The maximum atomic E-state index is 11.6. The van der Waals surface area contributed by atoms with Crippen LogP contribution in [0.2, 0.25) is 0 Å². The summed E-state index contributed by atoms with van der Waals surface area (Å²) in [6.45, 7) is 0.611. The van der Waals surface area contributed by atoms with Gasteiger partial charge in [-0.25, -0.2) is 4.79 Å². The first kappa shape index (κ1) is 33.3. The van der Waals surface area contributed by atoms with Gasteiger partial charge in [-0.2, -0.15) is 0 Å². The summed E-state index contributed by atoms with van der Waals surface area (Å²) in [4.78, 5) is 11.6. The molecule has 4 nitrogen and oxygen atoms in total. The smallest absolute Gasteiger partial charge is 0.341 e. The molecule has 44 heavy (non-hydrogen) atoms. The Kier molecular flexibility index (Phi) is 13.8. The van der Waals surface area contributed by atoms with Crippen molar-refractivity contribution >= 4 is 29.1 Å². The molecule has 5 heteroatoms. The highest BCUT2D eigenvalue weighted by Crippen LogP contribution is 2.56. The molecule has 0 fully saturated rings. The Morgan fingerprint density at radius 1 is 0.591 bits per heavy atom. The van der Waals surface area contributed by atoms with Crippen molar-refractivity contribution in [2.75, 3.05) is 19.9 Å². The van der Waals surface area contributed by atoms with E-state index in [4.69, 9.17) is 4.74 Å². The van der Waals surface area contributed by atoms with Gasteiger partial charge in [-0.3, -0.25) is 0 Å². The zero-order chi connectivity index (χ0) is 30.9. The van der Waals surface area contributed by atoms with Crippen molar-refractivity contribution in [2.45, 2.75) is 70.6 Å². The lowest BCUT2D eigenvalue weighted by Gasteiger charge is -2.27. The van der Waals surface area contributed by atoms with Crippen LogP contribution in [-0.2, 0) is 4.74 Å². The topological polar surface area (TPSA) is 55.8 Å². The Hall–Kier alpha value is -3.62. The first-order valence-corrected chi connectivity index (χ1v) is 18.2. The maximum absolute atomic E-state index is 11.6. The molecule has 0 heterocycles. The summed E-state index contributed by atoms with van der Waals surface area (Å²) in [6, 6.07) is 38.4. The third kappa shape index (κ3) is 9.44. The molecule has 0 saturated carbocycles. The fourth-order valence-corrected chi connectivity index (χ4v) is 10.4. The number of hydrogen-bond acceptors (Lipinski definition) is 4. The standard InChI is InChI=1S/C39H47O4P/c1-42-39(41)37-29-28-33(32-38(37)40)43-30-20-9-7-5-3-2-4-6-8-10-21-31-44(34-22-14-11-15-23-34,35-24-16-12-17-25-35)36-26-18-13-19-27-36/h11-19,22-29,32H,2-10,20-21,30-31H2,1H3/p+1. The van der Waals surface area contributed by atoms with E-state index in [0.717, 1.165) is 12.8 Å². The van der Waals surface area contributed by atoms with Gasteiger partial charge in [0.05, 0.1) is 19.9 Å². The third-order valence-electron chi connectivity index (χ3n) is 8.37. The minimum atomic E-state index is -1.70. The Morgan fingerprint density at radius 2 is 1.02 bits per heavy atom. The van der Waals surface area contributed by atoms with Gasteiger partial charge in [0, 0.05) is 6.07 Å². The monoisotopic (exact) mass is 611 g/mol. The van der Waals surface area contributed by atoms with Crippen molar-refractivity contribution in [1.29, 1.82) is 0 Å². The molecule has 4 rings (SSSR count). The second-order valence-corrected chi connectivity index (χ2v) is 15.1. The van der Waals surface area contributed by atoms with Crippen LogP contribution in [0, 0.1) is 0 Å². The predicted molar refractivity (Wildman–Crippen MR) is 186 cm³/mol. The van der Waals surface area contributed by atoms with Crippen LogP contribution >= 0.6 is 7.26 Å². The Bertz CT molecular complexity index is 1280. The average molecular weight is 612 g/mol. The summed E-state index contributed by atoms with van der Waals surface area (Å²) >= 11 is 0. The van der Waals surface area contributed by atoms with Crippen molar-refractivity contribution in [3.8, 4) is 11.5 Å². The third-order valence-corrected chi connectivity index (χ3v) is 12.9. The second-order valence-electron chi connectivity index (χ2n) is 11.4. The summed E-state index contributed by atoms with van der Waals surface area (Å²) in [5.74, 6) is -0.0961. The van der Waals surface area contributed by atoms with Gasteiger partial charge >= 0.3 is 5.97 Å². The molecule has 0 spiro atoms. The van der Waals surface area contributed by atoms with Crippen molar-refractivity contribution in [2.24, 2.45) is 0 Å². The molecule has 0 aliphatic rings. The molecule has 4 aromatic rings. The van der Waals surface area contributed by atoms with Crippen molar-refractivity contribution in [1.82, 2.24) is 0 Å². The highest BCUT2D eigenvalue weighted by molar-refractivity contribution is 7.95. The highest BCUT2D eigenvalue weighted by atomic mass is 31.2. The number of phenolic OH excluding ortho intramolecular Hbond substituents is 1. The minimum absolute atomic E-state index is 0.115. The van der Waals surface area contributed by atoms with Crippen molar-refractivity contribution in [3.05, 3.63) is 115 Å². The number of hydrogen-bond donors (Lipinski definition) is 1. The van der Waals surface area contributed by atoms with Gasteiger partial charge < -0.3 is 14.6 Å². The van der Waals surface area contributed by atoms with E-state index >= 15 is 0 Å². The molecule has 0 atom stereocenters. The second kappa shape index (κ2) is 18.2. The molecule has 0 aliphatic heterocycles. The van der Waals surface area contributed by atoms with E-state index in [0.29, 0.717) is 12.4 Å². The van der Waals surface area contributed by atoms with Gasteiger partial charge in [0.1, 0.15) is 40.2 Å². The number of carbonyl (C=O) groups is 1. The van der Waals surface area contributed by atoms with Gasteiger partial charge in [0.25, 0.3) is 0 Å². The van der Waals surface area contributed by atoms with Crippen LogP contribution < -0.4 is 20.7 Å². The summed E-state index contributed by atoms with van der Waals surface area (Å²) in [5, 5.41) is 14.4. The molecular formula is C39H48O4P+. The predicted octanol–water partition coefficient (Wildman–Crippen LogP) is 8.84. The van der Waals surface area contributed by atoms with E-state index < -0.39 is 13.2 Å². The lowest BCUT2D eigenvalue weighted by molar-refractivity contribution is 0.0597. The van der Waals surface area contributed by atoms with E-state index in [1.165, 1.54) is 99.1 Å². The number of phenols is 1. The molecule has 232 valence electrons. The molecule has 0 aliphatic carbocycles. The van der Waals surface area contributed by atoms with Crippen molar-refractivity contribution < 1.29 is 19.4 Å². The Balaban J connectivity index is 1.11. The summed E-state index contributed by atoms with van der Waals surface area (Å²) in [5.41, 5.74) is 0.150. The number of aromatic hydroxyl groups is 1. The highest BCUT2D eigenvalue weighted by Gasteiger charge is 2.44. The molecule has 0 radical (unpaired) electrons. The molecule has 1 N–H and O–H groups in total.